The van der Waals surface area contributed by atoms with Gasteiger partial charge in [-0.1, -0.05) is 0 Å². The lowest BCUT2D eigenvalue weighted by Gasteiger charge is -2.16. The van der Waals surface area contributed by atoms with Gasteiger partial charge in [-0.15, -0.1) is 0 Å². The number of ketones is 1. The Morgan fingerprint density at radius 1 is 1.65 bits per heavy atom. The van der Waals surface area contributed by atoms with Crippen molar-refractivity contribution in [1.82, 2.24) is 14.5 Å². The number of anilines is 1. The van der Waals surface area contributed by atoms with Gasteiger partial charge in [0.25, 0.3) is 0 Å². The van der Waals surface area contributed by atoms with Crippen molar-refractivity contribution in [3.63, 3.8) is 0 Å². The molecule has 0 spiro atoms. The zero-order valence-electron chi connectivity index (χ0n) is 11.3. The van der Waals surface area contributed by atoms with Crippen LogP contribution in [0.25, 0.3) is 0 Å². The first-order chi connectivity index (χ1) is 9.38. The normalized spacial score (nSPS) is 26.1. The second-order valence-corrected chi connectivity index (χ2v) is 5.01. The molecule has 0 amide bonds. The van der Waals surface area contributed by atoms with Crippen LogP contribution in [0.3, 0.4) is 0 Å². The van der Waals surface area contributed by atoms with Gasteiger partial charge < -0.3 is 15.4 Å². The van der Waals surface area contributed by atoms with E-state index in [9.17, 15) is 14.0 Å². The molecule has 2 N–H and O–H groups in total. The molecule has 1 aliphatic rings. The number of carbonyl (C=O) groups is 1. The first kappa shape index (κ1) is 14.6. The number of aromatic nitrogens is 2. The van der Waals surface area contributed by atoms with Crippen LogP contribution in [0.15, 0.2) is 17.1 Å². The molecule has 0 aromatic carbocycles. The third-order valence-electron chi connectivity index (χ3n) is 3.01. The fourth-order valence-corrected chi connectivity index (χ4v) is 2.13. The number of halogens is 1. The summed E-state index contributed by atoms with van der Waals surface area (Å²) in [7, 11) is 3.43. The van der Waals surface area contributed by atoms with Gasteiger partial charge >= 0.3 is 5.69 Å². The van der Waals surface area contributed by atoms with Gasteiger partial charge in [0, 0.05) is 12.6 Å². The van der Waals surface area contributed by atoms with E-state index in [4.69, 9.17) is 10.5 Å². The Morgan fingerprint density at radius 3 is 2.95 bits per heavy atom. The summed E-state index contributed by atoms with van der Waals surface area (Å²) in [6, 6.07) is 1.42. The Bertz CT molecular complexity index is 560. The summed E-state index contributed by atoms with van der Waals surface area (Å²) < 4.78 is 20.4. The highest BCUT2D eigenvalue weighted by Gasteiger charge is 2.41. The van der Waals surface area contributed by atoms with Crippen molar-refractivity contribution in [2.24, 2.45) is 0 Å². The minimum atomic E-state index is -1.43. The van der Waals surface area contributed by atoms with Crippen molar-refractivity contribution in [2.75, 3.05) is 26.4 Å². The second kappa shape index (κ2) is 5.68. The number of rotatable bonds is 4. The highest BCUT2D eigenvalue weighted by Crippen LogP contribution is 2.30. The molecule has 0 bridgehead atoms. The first-order valence-corrected chi connectivity index (χ1v) is 6.20. The van der Waals surface area contributed by atoms with E-state index in [2.05, 4.69) is 4.98 Å². The fraction of sp³-hybridized carbons (Fsp3) is 0.583. The number of nitrogen functional groups attached to an aromatic ring is 1. The molecule has 1 saturated heterocycles. The number of hydrogen-bond donors (Lipinski definition) is 1. The van der Waals surface area contributed by atoms with E-state index < -0.39 is 24.2 Å². The highest BCUT2D eigenvalue weighted by molar-refractivity contribution is 5.85. The molecule has 0 unspecified atom stereocenters. The molecule has 2 rings (SSSR count). The average Bonchev–Trinajstić information content (AvgIpc) is 2.70. The van der Waals surface area contributed by atoms with Gasteiger partial charge in [0.1, 0.15) is 18.2 Å². The van der Waals surface area contributed by atoms with E-state index in [0.29, 0.717) is 0 Å². The minimum absolute atomic E-state index is 0.0602. The molecule has 0 saturated carbocycles. The number of hydrogen-bond acceptors (Lipinski definition) is 6. The van der Waals surface area contributed by atoms with Crippen molar-refractivity contribution in [1.29, 1.82) is 0 Å². The molecule has 1 aromatic heterocycles. The monoisotopic (exact) mass is 284 g/mol. The van der Waals surface area contributed by atoms with Crippen LogP contribution >= 0.6 is 0 Å². The van der Waals surface area contributed by atoms with Crippen molar-refractivity contribution in [3.05, 3.63) is 22.7 Å². The molecule has 0 aliphatic carbocycles. The average molecular weight is 284 g/mol. The smallest absolute Gasteiger partial charge is 0.351 e. The maximum absolute atomic E-state index is 13.9. The summed E-state index contributed by atoms with van der Waals surface area (Å²) >= 11 is 0. The molecule has 20 heavy (non-hydrogen) atoms. The molecule has 110 valence electrons. The van der Waals surface area contributed by atoms with Crippen LogP contribution in [-0.2, 0) is 9.53 Å². The quantitative estimate of drug-likeness (QED) is 0.807. The van der Waals surface area contributed by atoms with Crippen LogP contribution in [0.1, 0.15) is 12.6 Å². The Kier molecular flexibility index (Phi) is 4.15. The van der Waals surface area contributed by atoms with Gasteiger partial charge in [-0.05, 0) is 20.2 Å². The van der Waals surface area contributed by atoms with Crippen LogP contribution in [-0.4, -0.2) is 53.1 Å². The SMILES string of the molecule is CN(C)CC(=O)[C@H]1O[C@@H](n2ccc(N)nc2=O)C[C@@H]1F. The Morgan fingerprint density at radius 2 is 2.35 bits per heavy atom. The molecule has 0 radical (unpaired) electrons. The zero-order valence-corrected chi connectivity index (χ0v) is 11.3. The summed E-state index contributed by atoms with van der Waals surface area (Å²) in [6.07, 6.45) is -2.08. The molecule has 7 nitrogen and oxygen atoms in total. The molecular weight excluding hydrogens is 267 g/mol. The maximum atomic E-state index is 13.9. The number of nitrogens with two attached hydrogens (primary N) is 1. The van der Waals surface area contributed by atoms with Gasteiger partial charge in [0.2, 0.25) is 0 Å². The summed E-state index contributed by atoms with van der Waals surface area (Å²) in [5.74, 6) is -0.261. The van der Waals surface area contributed by atoms with E-state index in [1.54, 1.807) is 19.0 Å². The number of carbonyl (C=O) groups excluding carboxylic acids is 1. The van der Waals surface area contributed by atoms with Gasteiger partial charge in [-0.3, -0.25) is 9.36 Å². The molecule has 2 heterocycles. The fourth-order valence-electron chi connectivity index (χ4n) is 2.13. The lowest BCUT2D eigenvalue weighted by molar-refractivity contribution is -0.134. The Balaban J connectivity index is 2.14. The molecular formula is C12H17FN4O3. The van der Waals surface area contributed by atoms with Crippen LogP contribution in [0.5, 0.6) is 0 Å². The van der Waals surface area contributed by atoms with Crippen molar-refractivity contribution in [3.8, 4) is 0 Å². The lowest BCUT2D eigenvalue weighted by Crippen LogP contribution is -2.36. The van der Waals surface area contributed by atoms with Crippen molar-refractivity contribution in [2.45, 2.75) is 24.9 Å². The van der Waals surface area contributed by atoms with Gasteiger partial charge in [-0.25, -0.2) is 9.18 Å². The van der Waals surface area contributed by atoms with Crippen LogP contribution in [0.4, 0.5) is 10.2 Å². The minimum Gasteiger partial charge on any atom is -0.383 e. The number of alkyl halides is 1. The van der Waals surface area contributed by atoms with Gasteiger partial charge in [0.15, 0.2) is 11.9 Å². The standard InChI is InChI=1S/C12H17FN4O3/c1-16(2)6-8(18)11-7(13)5-10(20-11)17-4-3-9(14)15-12(17)19/h3-4,7,10-11H,5-6H2,1-2H3,(H2,14,15,19)/t7-,10+,11-/m0/s1. The van der Waals surface area contributed by atoms with Crippen molar-refractivity contribution >= 4 is 11.6 Å². The van der Waals surface area contributed by atoms with Crippen LogP contribution < -0.4 is 11.4 Å². The van der Waals surface area contributed by atoms with Gasteiger partial charge in [-0.2, -0.15) is 4.98 Å². The van der Waals surface area contributed by atoms with E-state index in [-0.39, 0.29) is 24.6 Å². The van der Waals surface area contributed by atoms with Crippen molar-refractivity contribution < 1.29 is 13.9 Å². The van der Waals surface area contributed by atoms with E-state index in [1.807, 2.05) is 0 Å². The first-order valence-electron chi connectivity index (χ1n) is 6.20. The zero-order chi connectivity index (χ0) is 14.9. The largest absolute Gasteiger partial charge is 0.383 e. The molecule has 1 aromatic rings. The Hall–Kier alpha value is -1.80. The lowest BCUT2D eigenvalue weighted by atomic mass is 10.1. The maximum Gasteiger partial charge on any atom is 0.351 e. The number of nitrogens with zero attached hydrogens (tertiary/aromatic N) is 3. The molecule has 8 heteroatoms. The Labute approximate surface area is 115 Å². The second-order valence-electron chi connectivity index (χ2n) is 5.01. The molecule has 3 atom stereocenters. The van der Waals surface area contributed by atoms with Crippen LogP contribution in [0.2, 0.25) is 0 Å². The van der Waals surface area contributed by atoms with Gasteiger partial charge in [0.05, 0.1) is 6.54 Å². The predicted molar refractivity (Wildman–Crippen MR) is 69.9 cm³/mol. The summed E-state index contributed by atoms with van der Waals surface area (Å²) in [5.41, 5.74) is 4.76. The van der Waals surface area contributed by atoms with E-state index in [1.165, 1.54) is 12.3 Å². The summed E-state index contributed by atoms with van der Waals surface area (Å²) in [6.45, 7) is 0.0900. The third-order valence-corrected chi connectivity index (χ3v) is 3.01. The summed E-state index contributed by atoms with van der Waals surface area (Å²) in [4.78, 5) is 28.7. The third kappa shape index (κ3) is 3.02. The van der Waals surface area contributed by atoms with E-state index in [0.717, 1.165) is 4.57 Å². The predicted octanol–water partition coefficient (Wildman–Crippen LogP) is -0.418. The topological polar surface area (TPSA) is 90.4 Å². The van der Waals surface area contributed by atoms with E-state index >= 15 is 0 Å². The number of likely N-dealkylation sites (N-methyl/N-ethyl adjacent to an activating group) is 1. The van der Waals surface area contributed by atoms with Crippen LogP contribution in [0, 0.1) is 0 Å². The summed E-state index contributed by atoms with van der Waals surface area (Å²) in [5, 5.41) is 0. The number of Topliss-reactive ketones (excluding diaryl/α,β-unsaturated/α-hetero) is 1. The number of ether oxygens (including phenoxy) is 1. The molecule has 1 aliphatic heterocycles. The highest BCUT2D eigenvalue weighted by atomic mass is 19.1. The molecule has 1 fully saturated rings.